The van der Waals surface area contributed by atoms with Gasteiger partial charge in [0.1, 0.15) is 0 Å². The summed E-state index contributed by atoms with van der Waals surface area (Å²) in [5.41, 5.74) is 4.05. The SMILES string of the molecule is CC(C)c1cc2c(-c3ccccc3)cccc2[cH-]1.Cl.Cl.[Zr]. The second-order valence-corrected chi connectivity index (χ2v) is 5.12. The van der Waals surface area contributed by atoms with E-state index >= 15 is 0 Å². The molecule has 0 aliphatic heterocycles. The zero-order chi connectivity index (χ0) is 12.5. The monoisotopic (exact) mass is 395 g/mol. The summed E-state index contributed by atoms with van der Waals surface area (Å²) in [6, 6.07) is 21.8. The molecule has 0 aromatic heterocycles. The van der Waals surface area contributed by atoms with Gasteiger partial charge in [-0.1, -0.05) is 55.8 Å². The Balaban J connectivity index is 0.00000133. The molecule has 21 heavy (non-hydrogen) atoms. The Labute approximate surface area is 158 Å². The smallest absolute Gasteiger partial charge is 0 e. The minimum Gasteiger partial charge on any atom is -0.164 e. The van der Waals surface area contributed by atoms with Crippen LogP contribution in [-0.4, -0.2) is 0 Å². The average molecular weight is 397 g/mol. The van der Waals surface area contributed by atoms with Crippen molar-refractivity contribution in [2.75, 3.05) is 0 Å². The van der Waals surface area contributed by atoms with Crippen LogP contribution in [0.4, 0.5) is 0 Å². The van der Waals surface area contributed by atoms with Crippen molar-refractivity contribution in [1.82, 2.24) is 0 Å². The molecule has 0 atom stereocenters. The van der Waals surface area contributed by atoms with Crippen molar-refractivity contribution in [2.45, 2.75) is 19.8 Å². The van der Waals surface area contributed by atoms with Crippen LogP contribution in [0.2, 0.25) is 0 Å². The largest absolute Gasteiger partial charge is 0.164 e. The first-order valence-corrected chi connectivity index (χ1v) is 6.50. The van der Waals surface area contributed by atoms with Gasteiger partial charge in [-0.2, -0.15) is 6.07 Å². The van der Waals surface area contributed by atoms with Gasteiger partial charge in [0.15, 0.2) is 0 Å². The van der Waals surface area contributed by atoms with Gasteiger partial charge in [0.2, 0.25) is 0 Å². The van der Waals surface area contributed by atoms with Crippen LogP contribution in [0.25, 0.3) is 21.9 Å². The van der Waals surface area contributed by atoms with Crippen molar-refractivity contribution in [3.8, 4) is 11.1 Å². The minimum absolute atomic E-state index is 0. The molecule has 0 fully saturated rings. The van der Waals surface area contributed by atoms with Gasteiger partial charge in [-0.05, 0) is 11.5 Å². The van der Waals surface area contributed by atoms with Crippen LogP contribution < -0.4 is 0 Å². The van der Waals surface area contributed by atoms with Crippen LogP contribution in [-0.2, 0) is 26.2 Å². The Kier molecular flexibility index (Phi) is 8.63. The molecule has 0 spiro atoms. The molecule has 0 radical (unpaired) electrons. The van der Waals surface area contributed by atoms with Crippen molar-refractivity contribution >= 4 is 35.6 Å². The molecule has 0 bridgehead atoms. The molecule has 3 heteroatoms. The summed E-state index contributed by atoms with van der Waals surface area (Å²) >= 11 is 0. The molecule has 0 unspecified atom stereocenters. The number of benzene rings is 2. The van der Waals surface area contributed by atoms with E-state index < -0.39 is 0 Å². The molecule has 0 heterocycles. The Bertz CT molecular complexity index is 672. The van der Waals surface area contributed by atoms with Crippen LogP contribution in [0.15, 0.2) is 60.7 Å². The third-order valence-electron chi connectivity index (χ3n) is 3.52. The summed E-state index contributed by atoms with van der Waals surface area (Å²) in [6.07, 6.45) is 0. The second-order valence-electron chi connectivity index (χ2n) is 5.12. The average Bonchev–Trinajstić information content (AvgIpc) is 2.83. The molecule has 0 saturated carbocycles. The summed E-state index contributed by atoms with van der Waals surface area (Å²) in [5.74, 6) is 0.584. The van der Waals surface area contributed by atoms with Gasteiger partial charge in [0, 0.05) is 26.2 Å². The molecular formula is C18H19Cl2Zr-. The van der Waals surface area contributed by atoms with Crippen LogP contribution in [0, 0.1) is 0 Å². The number of halogens is 2. The maximum absolute atomic E-state index is 2.34. The van der Waals surface area contributed by atoms with E-state index in [1.165, 1.54) is 27.5 Å². The first-order chi connectivity index (χ1) is 8.75. The predicted molar refractivity (Wildman–Crippen MR) is 93.6 cm³/mol. The summed E-state index contributed by atoms with van der Waals surface area (Å²) in [5, 5.41) is 2.72. The number of fused-ring (bicyclic) bond motifs is 1. The van der Waals surface area contributed by atoms with E-state index in [-0.39, 0.29) is 51.0 Å². The van der Waals surface area contributed by atoms with E-state index in [1.54, 1.807) is 0 Å². The zero-order valence-corrected chi connectivity index (χ0v) is 16.3. The van der Waals surface area contributed by atoms with Gasteiger partial charge in [0.25, 0.3) is 0 Å². The van der Waals surface area contributed by atoms with Crippen molar-refractivity contribution in [3.05, 3.63) is 66.2 Å². The topological polar surface area (TPSA) is 0 Å². The molecule has 0 aliphatic carbocycles. The second kappa shape index (κ2) is 8.83. The summed E-state index contributed by atoms with van der Waals surface area (Å²) in [7, 11) is 0. The van der Waals surface area contributed by atoms with Crippen LogP contribution in [0.5, 0.6) is 0 Å². The molecule has 0 N–H and O–H groups in total. The van der Waals surface area contributed by atoms with Crippen molar-refractivity contribution in [3.63, 3.8) is 0 Å². The summed E-state index contributed by atoms with van der Waals surface area (Å²) in [6.45, 7) is 4.49. The first kappa shape index (κ1) is 20.5. The molecule has 3 rings (SSSR count). The maximum atomic E-state index is 2.34. The number of hydrogen-bond donors (Lipinski definition) is 0. The maximum Gasteiger partial charge on any atom is 0 e. The molecule has 0 aliphatic rings. The normalized spacial score (nSPS) is 9.67. The number of rotatable bonds is 2. The quantitative estimate of drug-likeness (QED) is 0.452. The first-order valence-electron chi connectivity index (χ1n) is 6.50. The van der Waals surface area contributed by atoms with Gasteiger partial charge >= 0.3 is 0 Å². The van der Waals surface area contributed by atoms with Crippen molar-refractivity contribution in [1.29, 1.82) is 0 Å². The van der Waals surface area contributed by atoms with E-state index in [4.69, 9.17) is 0 Å². The standard InChI is InChI=1S/C18H17.2ClH.Zr/c1-13(2)16-11-15-9-6-10-17(18(15)12-16)14-7-4-3-5-8-14;;;/h3-13H,1-2H3;2*1H;/q-1;;;. The number of hydrogen-bond acceptors (Lipinski definition) is 0. The molecule has 3 aromatic carbocycles. The Morgan fingerprint density at radius 3 is 2.14 bits per heavy atom. The fourth-order valence-corrected chi connectivity index (χ4v) is 2.46. The minimum atomic E-state index is 0. The molecule has 110 valence electrons. The molecule has 0 saturated heterocycles. The molecule has 3 aromatic rings. The fourth-order valence-electron chi connectivity index (χ4n) is 2.46. The van der Waals surface area contributed by atoms with Crippen molar-refractivity contribution < 1.29 is 26.2 Å². The van der Waals surface area contributed by atoms with Crippen molar-refractivity contribution in [2.24, 2.45) is 0 Å². The molecule has 0 nitrogen and oxygen atoms in total. The summed E-state index contributed by atoms with van der Waals surface area (Å²) in [4.78, 5) is 0. The Hall–Kier alpha value is -0.487. The third-order valence-corrected chi connectivity index (χ3v) is 3.52. The van der Waals surface area contributed by atoms with E-state index in [9.17, 15) is 0 Å². The van der Waals surface area contributed by atoms with E-state index in [0.29, 0.717) is 5.92 Å². The van der Waals surface area contributed by atoms with Crippen LogP contribution in [0.1, 0.15) is 25.3 Å². The fraction of sp³-hybridized carbons (Fsp3) is 0.167. The summed E-state index contributed by atoms with van der Waals surface area (Å²) < 4.78 is 0. The Morgan fingerprint density at radius 2 is 1.52 bits per heavy atom. The van der Waals surface area contributed by atoms with Crippen LogP contribution in [0.3, 0.4) is 0 Å². The van der Waals surface area contributed by atoms with E-state index in [2.05, 4.69) is 74.5 Å². The third kappa shape index (κ3) is 4.25. The van der Waals surface area contributed by atoms with Crippen LogP contribution >= 0.6 is 24.8 Å². The van der Waals surface area contributed by atoms with Gasteiger partial charge in [-0.25, -0.2) is 0 Å². The predicted octanol–water partition coefficient (Wildman–Crippen LogP) is 6.19. The van der Waals surface area contributed by atoms with Gasteiger partial charge in [-0.3, -0.25) is 0 Å². The van der Waals surface area contributed by atoms with Gasteiger partial charge in [-0.15, -0.1) is 59.3 Å². The van der Waals surface area contributed by atoms with E-state index in [0.717, 1.165) is 0 Å². The van der Waals surface area contributed by atoms with E-state index in [1.807, 2.05) is 0 Å². The van der Waals surface area contributed by atoms with Gasteiger partial charge in [0.05, 0.1) is 0 Å². The Morgan fingerprint density at radius 1 is 0.857 bits per heavy atom. The molecule has 0 amide bonds. The molecular weight excluding hydrogens is 378 g/mol. The zero-order valence-electron chi connectivity index (χ0n) is 12.2. The van der Waals surface area contributed by atoms with Gasteiger partial charge < -0.3 is 0 Å².